The first-order chi connectivity index (χ1) is 7.56. The van der Waals surface area contributed by atoms with E-state index >= 15 is 0 Å². The number of carbonyl (C=O) groups is 1. The van der Waals surface area contributed by atoms with Crippen LogP contribution in [-0.4, -0.2) is 22.1 Å². The Kier molecular flexibility index (Phi) is 2.62. The lowest BCUT2D eigenvalue weighted by Gasteiger charge is -2.05. The highest BCUT2D eigenvalue weighted by Gasteiger charge is 2.13. The fourth-order valence-corrected chi connectivity index (χ4v) is 1.55. The molecule has 1 aromatic carbocycles. The molecule has 0 bridgehead atoms. The number of fused-ring (bicyclic) bond motifs is 1. The van der Waals surface area contributed by atoms with Gasteiger partial charge in [0.05, 0.1) is 0 Å². The van der Waals surface area contributed by atoms with Crippen LogP contribution in [0.25, 0.3) is 11.1 Å². The van der Waals surface area contributed by atoms with Gasteiger partial charge in [0.2, 0.25) is 0 Å². The molecule has 0 fully saturated rings. The number of aliphatic carboxylic acids is 1. The van der Waals surface area contributed by atoms with E-state index in [0.29, 0.717) is 11.5 Å². The number of oxazole rings is 1. The summed E-state index contributed by atoms with van der Waals surface area (Å²) in [6, 6.07) is 4.50. The van der Waals surface area contributed by atoms with Crippen molar-refractivity contribution in [3.05, 3.63) is 29.7 Å². The van der Waals surface area contributed by atoms with Gasteiger partial charge in [-0.3, -0.25) is 4.79 Å². The number of carboxylic acid groups (broad SMARTS) is 1. The van der Waals surface area contributed by atoms with E-state index in [2.05, 4.69) is 4.98 Å². The Bertz CT molecular complexity index is 533. The second-order valence-corrected chi connectivity index (χ2v) is 3.68. The highest BCUT2D eigenvalue weighted by Crippen LogP contribution is 2.17. The van der Waals surface area contributed by atoms with Crippen LogP contribution in [0.1, 0.15) is 11.5 Å². The summed E-state index contributed by atoms with van der Waals surface area (Å²) in [5.74, 6) is -0.413. The van der Waals surface area contributed by atoms with E-state index in [-0.39, 0.29) is 6.42 Å². The molecule has 16 heavy (non-hydrogen) atoms. The van der Waals surface area contributed by atoms with Crippen molar-refractivity contribution in [1.29, 1.82) is 0 Å². The lowest BCUT2D eigenvalue weighted by atomic mass is 10.1. The Balaban J connectivity index is 2.28. The molecule has 0 amide bonds. The fourth-order valence-electron chi connectivity index (χ4n) is 1.55. The third-order valence-corrected chi connectivity index (χ3v) is 2.33. The normalized spacial score (nSPS) is 12.9. The Labute approximate surface area is 91.9 Å². The summed E-state index contributed by atoms with van der Waals surface area (Å²) in [7, 11) is 0. The monoisotopic (exact) mass is 220 g/mol. The number of hydrogen-bond acceptors (Lipinski definition) is 4. The minimum absolute atomic E-state index is 0.283. The highest BCUT2D eigenvalue weighted by atomic mass is 16.4. The van der Waals surface area contributed by atoms with Gasteiger partial charge < -0.3 is 15.3 Å². The minimum atomic E-state index is -1.01. The molecule has 0 aliphatic heterocycles. The third kappa shape index (κ3) is 2.04. The van der Waals surface area contributed by atoms with Crippen LogP contribution in [0.2, 0.25) is 0 Å². The average molecular weight is 220 g/mol. The average Bonchev–Trinajstić information content (AvgIpc) is 2.57. The number of hydrogen-bond donors (Lipinski definition) is 2. The first-order valence-electron chi connectivity index (χ1n) is 4.91. The van der Waals surface area contributed by atoms with Gasteiger partial charge in [0, 0.05) is 6.92 Å². The van der Waals surface area contributed by atoms with Gasteiger partial charge >= 0.3 is 5.97 Å². The van der Waals surface area contributed by atoms with Crippen molar-refractivity contribution < 1.29 is 14.3 Å². The van der Waals surface area contributed by atoms with Crippen molar-refractivity contribution in [1.82, 2.24) is 4.98 Å². The molecule has 84 valence electrons. The second kappa shape index (κ2) is 3.94. The maximum atomic E-state index is 10.6. The van der Waals surface area contributed by atoms with Crippen LogP contribution < -0.4 is 5.73 Å². The molecular weight excluding hydrogens is 208 g/mol. The largest absolute Gasteiger partial charge is 0.480 e. The van der Waals surface area contributed by atoms with Gasteiger partial charge in [-0.15, -0.1) is 0 Å². The molecule has 5 nitrogen and oxygen atoms in total. The van der Waals surface area contributed by atoms with Crippen LogP contribution in [0.3, 0.4) is 0 Å². The third-order valence-electron chi connectivity index (χ3n) is 2.33. The highest BCUT2D eigenvalue weighted by molar-refractivity contribution is 5.75. The van der Waals surface area contributed by atoms with Crippen molar-refractivity contribution in [3.63, 3.8) is 0 Å². The first kappa shape index (κ1) is 10.6. The molecule has 0 spiro atoms. The lowest BCUT2D eigenvalue weighted by molar-refractivity contribution is -0.138. The molecule has 0 saturated carbocycles. The van der Waals surface area contributed by atoms with E-state index in [1.165, 1.54) is 0 Å². The van der Waals surface area contributed by atoms with Crippen molar-refractivity contribution in [2.24, 2.45) is 5.73 Å². The summed E-state index contributed by atoms with van der Waals surface area (Å²) in [5, 5.41) is 8.70. The summed E-state index contributed by atoms with van der Waals surface area (Å²) >= 11 is 0. The van der Waals surface area contributed by atoms with Crippen molar-refractivity contribution in [2.75, 3.05) is 0 Å². The molecule has 1 heterocycles. The SMILES string of the molecule is Cc1nc2ccc(CC(N)C(=O)O)cc2o1. The van der Waals surface area contributed by atoms with Gasteiger partial charge in [0.15, 0.2) is 11.5 Å². The number of carboxylic acids is 1. The summed E-state index contributed by atoms with van der Waals surface area (Å²) in [6.07, 6.45) is 0.283. The standard InChI is InChI=1S/C11H12N2O3/c1-6-13-9-3-2-7(5-10(9)16-6)4-8(12)11(14)15/h2-3,5,8H,4,12H2,1H3,(H,14,15). The van der Waals surface area contributed by atoms with Crippen LogP contribution in [-0.2, 0) is 11.2 Å². The van der Waals surface area contributed by atoms with Crippen molar-refractivity contribution >= 4 is 17.1 Å². The summed E-state index contributed by atoms with van der Waals surface area (Å²) in [4.78, 5) is 14.8. The zero-order valence-corrected chi connectivity index (χ0v) is 8.80. The molecule has 0 aliphatic carbocycles. The quantitative estimate of drug-likeness (QED) is 0.808. The predicted molar refractivity (Wildman–Crippen MR) is 58.1 cm³/mol. The molecule has 0 saturated heterocycles. The van der Waals surface area contributed by atoms with Crippen LogP contribution in [0.4, 0.5) is 0 Å². The summed E-state index contributed by atoms with van der Waals surface area (Å²) in [5.41, 5.74) is 7.71. The van der Waals surface area contributed by atoms with Crippen LogP contribution in [0.15, 0.2) is 22.6 Å². The fraction of sp³-hybridized carbons (Fsp3) is 0.273. The summed E-state index contributed by atoms with van der Waals surface area (Å²) < 4.78 is 5.35. The van der Waals surface area contributed by atoms with Gasteiger partial charge in [-0.2, -0.15) is 0 Å². The van der Waals surface area contributed by atoms with E-state index in [1.54, 1.807) is 19.1 Å². The zero-order valence-electron chi connectivity index (χ0n) is 8.80. The van der Waals surface area contributed by atoms with Crippen LogP contribution in [0, 0.1) is 6.92 Å². The smallest absolute Gasteiger partial charge is 0.320 e. The minimum Gasteiger partial charge on any atom is -0.480 e. The number of benzene rings is 1. The van der Waals surface area contributed by atoms with E-state index in [4.69, 9.17) is 15.3 Å². The predicted octanol–water partition coefficient (Wildman–Crippen LogP) is 1.09. The number of nitrogens with two attached hydrogens (primary N) is 1. The Morgan fingerprint density at radius 3 is 3.06 bits per heavy atom. The topological polar surface area (TPSA) is 89.3 Å². The molecule has 5 heteroatoms. The number of aryl methyl sites for hydroxylation is 1. The zero-order chi connectivity index (χ0) is 11.7. The number of rotatable bonds is 3. The molecule has 2 rings (SSSR count). The summed E-state index contributed by atoms with van der Waals surface area (Å²) in [6.45, 7) is 1.77. The van der Waals surface area contributed by atoms with Gasteiger partial charge in [0.1, 0.15) is 11.6 Å². The van der Waals surface area contributed by atoms with E-state index in [1.807, 2.05) is 6.07 Å². The molecule has 0 aliphatic rings. The van der Waals surface area contributed by atoms with Gasteiger partial charge in [-0.25, -0.2) is 4.98 Å². The number of aromatic nitrogens is 1. The number of nitrogens with zero attached hydrogens (tertiary/aromatic N) is 1. The Morgan fingerprint density at radius 1 is 1.62 bits per heavy atom. The van der Waals surface area contributed by atoms with Crippen molar-refractivity contribution in [2.45, 2.75) is 19.4 Å². The van der Waals surface area contributed by atoms with Gasteiger partial charge in [0.25, 0.3) is 0 Å². The molecule has 1 atom stereocenters. The van der Waals surface area contributed by atoms with Gasteiger partial charge in [-0.05, 0) is 24.1 Å². The van der Waals surface area contributed by atoms with Gasteiger partial charge in [-0.1, -0.05) is 6.07 Å². The van der Waals surface area contributed by atoms with Crippen LogP contribution in [0.5, 0.6) is 0 Å². The van der Waals surface area contributed by atoms with Crippen LogP contribution >= 0.6 is 0 Å². The van der Waals surface area contributed by atoms with E-state index < -0.39 is 12.0 Å². The Hall–Kier alpha value is -1.88. The molecule has 1 unspecified atom stereocenters. The molecule has 1 aromatic heterocycles. The first-order valence-corrected chi connectivity index (χ1v) is 4.91. The lowest BCUT2D eigenvalue weighted by Crippen LogP contribution is -2.32. The Morgan fingerprint density at radius 2 is 2.38 bits per heavy atom. The van der Waals surface area contributed by atoms with E-state index in [0.717, 1.165) is 11.1 Å². The molecule has 0 radical (unpaired) electrons. The van der Waals surface area contributed by atoms with E-state index in [9.17, 15) is 4.79 Å². The second-order valence-electron chi connectivity index (χ2n) is 3.68. The maximum Gasteiger partial charge on any atom is 0.320 e. The molecule has 2 aromatic rings. The molecular formula is C11H12N2O3. The maximum absolute atomic E-state index is 10.6. The molecule has 3 N–H and O–H groups in total. The van der Waals surface area contributed by atoms with Crippen molar-refractivity contribution in [3.8, 4) is 0 Å².